The quantitative estimate of drug-likeness (QED) is 0.762. The summed E-state index contributed by atoms with van der Waals surface area (Å²) in [6, 6.07) is 5.35. The first kappa shape index (κ1) is 10.9. The molecule has 1 N–H and O–H groups in total. The molecule has 0 fully saturated rings. The molecule has 0 aliphatic carbocycles. The lowest BCUT2D eigenvalue weighted by atomic mass is 10.2. The van der Waals surface area contributed by atoms with Crippen molar-refractivity contribution in [2.45, 2.75) is 13.3 Å². The van der Waals surface area contributed by atoms with Crippen LogP contribution >= 0.6 is 12.4 Å². The number of aryl methyl sites for hydroxylation is 1. The predicted octanol–water partition coefficient (Wildman–Crippen LogP) is 1.44. The van der Waals surface area contributed by atoms with Crippen LogP contribution in [0.2, 0.25) is 0 Å². The molecule has 0 amide bonds. The number of rotatable bonds is 2. The fourth-order valence-corrected chi connectivity index (χ4v) is 0.853. The molecule has 66 valence electrons. The summed E-state index contributed by atoms with van der Waals surface area (Å²) in [7, 11) is 0. The van der Waals surface area contributed by atoms with E-state index in [0.29, 0.717) is 5.69 Å². The van der Waals surface area contributed by atoms with Crippen LogP contribution in [0.3, 0.4) is 0 Å². The number of aliphatic carboxylic acids is 1. The van der Waals surface area contributed by atoms with Crippen molar-refractivity contribution in [2.24, 2.45) is 0 Å². The molecule has 0 radical (unpaired) electrons. The molecule has 0 aliphatic heterocycles. The van der Waals surface area contributed by atoms with Crippen LogP contribution in [0.4, 0.5) is 0 Å². The van der Waals surface area contributed by atoms with Gasteiger partial charge < -0.3 is 5.11 Å². The van der Waals surface area contributed by atoms with Crippen LogP contribution in [0.15, 0.2) is 18.2 Å². The van der Waals surface area contributed by atoms with Crippen molar-refractivity contribution in [3.8, 4) is 0 Å². The van der Waals surface area contributed by atoms with Gasteiger partial charge in [0, 0.05) is 5.69 Å². The summed E-state index contributed by atoms with van der Waals surface area (Å²) < 4.78 is 0. The Morgan fingerprint density at radius 3 is 2.75 bits per heavy atom. The van der Waals surface area contributed by atoms with Gasteiger partial charge in [0.2, 0.25) is 0 Å². The van der Waals surface area contributed by atoms with Crippen LogP contribution in [0, 0.1) is 6.92 Å². The van der Waals surface area contributed by atoms with Gasteiger partial charge in [-0.25, -0.2) is 0 Å². The molecule has 0 saturated carbocycles. The second kappa shape index (κ2) is 4.72. The number of halogens is 1. The fourth-order valence-electron chi connectivity index (χ4n) is 0.853. The maximum absolute atomic E-state index is 10.2. The average molecular weight is 188 g/mol. The zero-order valence-corrected chi connectivity index (χ0v) is 7.47. The standard InChI is InChI=1S/C8H9NO2.ClH/c1-6-3-2-4-7(9-6)5-8(10)11;/h2-4H,5H2,1H3,(H,10,11);1H. The maximum atomic E-state index is 10.2. The number of pyridine rings is 1. The third-order valence-electron chi connectivity index (χ3n) is 1.28. The van der Waals surface area contributed by atoms with Gasteiger partial charge in [0.05, 0.1) is 12.1 Å². The first-order valence-corrected chi connectivity index (χ1v) is 3.33. The van der Waals surface area contributed by atoms with Crippen LogP contribution in [0.25, 0.3) is 0 Å². The molecule has 4 heteroatoms. The molecule has 1 heterocycles. The first-order chi connectivity index (χ1) is 5.18. The van der Waals surface area contributed by atoms with E-state index in [1.54, 1.807) is 12.1 Å². The molecule has 0 unspecified atom stereocenters. The summed E-state index contributed by atoms with van der Waals surface area (Å²) >= 11 is 0. The Bertz CT molecular complexity index is 276. The van der Waals surface area contributed by atoms with E-state index in [0.717, 1.165) is 5.69 Å². The van der Waals surface area contributed by atoms with Crippen molar-refractivity contribution in [2.75, 3.05) is 0 Å². The fraction of sp³-hybridized carbons (Fsp3) is 0.250. The second-order valence-electron chi connectivity index (χ2n) is 2.34. The van der Waals surface area contributed by atoms with E-state index in [2.05, 4.69) is 4.98 Å². The number of carboxylic acids is 1. The highest BCUT2D eigenvalue weighted by molar-refractivity contribution is 5.85. The minimum atomic E-state index is -0.844. The molecule has 0 bridgehead atoms. The largest absolute Gasteiger partial charge is 0.481 e. The minimum absolute atomic E-state index is 0. The van der Waals surface area contributed by atoms with Gasteiger partial charge in [0.15, 0.2) is 0 Å². The van der Waals surface area contributed by atoms with Crippen molar-refractivity contribution in [3.63, 3.8) is 0 Å². The molecule has 12 heavy (non-hydrogen) atoms. The lowest BCUT2D eigenvalue weighted by Crippen LogP contribution is -2.02. The molecule has 0 aliphatic rings. The van der Waals surface area contributed by atoms with E-state index in [9.17, 15) is 4.79 Å². The van der Waals surface area contributed by atoms with Crippen molar-refractivity contribution in [1.82, 2.24) is 4.98 Å². The Morgan fingerprint density at radius 1 is 1.58 bits per heavy atom. The number of carboxylic acid groups (broad SMARTS) is 1. The van der Waals surface area contributed by atoms with Crippen molar-refractivity contribution in [1.29, 1.82) is 0 Å². The third kappa shape index (κ3) is 3.34. The van der Waals surface area contributed by atoms with Gasteiger partial charge in [0.25, 0.3) is 0 Å². The topological polar surface area (TPSA) is 50.2 Å². The number of carbonyl (C=O) groups is 1. The number of hydrogen-bond donors (Lipinski definition) is 1. The highest BCUT2D eigenvalue weighted by Gasteiger charge is 2.00. The van der Waals surface area contributed by atoms with Gasteiger partial charge >= 0.3 is 5.97 Å². The zero-order valence-electron chi connectivity index (χ0n) is 6.65. The summed E-state index contributed by atoms with van der Waals surface area (Å²) in [6.45, 7) is 1.84. The van der Waals surface area contributed by atoms with Crippen LogP contribution in [0.1, 0.15) is 11.4 Å². The Hall–Kier alpha value is -1.09. The smallest absolute Gasteiger partial charge is 0.309 e. The van der Waals surface area contributed by atoms with E-state index >= 15 is 0 Å². The van der Waals surface area contributed by atoms with Crippen molar-refractivity contribution < 1.29 is 9.90 Å². The van der Waals surface area contributed by atoms with E-state index in [1.807, 2.05) is 13.0 Å². The van der Waals surface area contributed by atoms with E-state index in [4.69, 9.17) is 5.11 Å². The monoisotopic (exact) mass is 187 g/mol. The van der Waals surface area contributed by atoms with E-state index in [-0.39, 0.29) is 18.8 Å². The van der Waals surface area contributed by atoms with Crippen LogP contribution in [-0.2, 0) is 11.2 Å². The summed E-state index contributed by atoms with van der Waals surface area (Å²) in [4.78, 5) is 14.3. The van der Waals surface area contributed by atoms with Gasteiger partial charge in [-0.15, -0.1) is 12.4 Å². The van der Waals surface area contributed by atoms with Crippen LogP contribution in [-0.4, -0.2) is 16.1 Å². The SMILES string of the molecule is Cc1cccc(CC(=O)O)n1.Cl. The summed E-state index contributed by atoms with van der Waals surface area (Å²) in [5, 5.41) is 8.42. The summed E-state index contributed by atoms with van der Waals surface area (Å²) in [6.07, 6.45) is 0.00167. The predicted molar refractivity (Wildman–Crippen MR) is 47.6 cm³/mol. The normalized spacial score (nSPS) is 8.75. The number of aromatic nitrogens is 1. The Morgan fingerprint density at radius 2 is 2.25 bits per heavy atom. The summed E-state index contributed by atoms with van der Waals surface area (Å²) in [5.41, 5.74) is 1.46. The maximum Gasteiger partial charge on any atom is 0.309 e. The van der Waals surface area contributed by atoms with E-state index in [1.165, 1.54) is 0 Å². The molecule has 0 saturated heterocycles. The van der Waals surface area contributed by atoms with E-state index < -0.39 is 5.97 Å². The minimum Gasteiger partial charge on any atom is -0.481 e. The lowest BCUT2D eigenvalue weighted by molar-refractivity contribution is -0.136. The third-order valence-corrected chi connectivity index (χ3v) is 1.28. The molecular weight excluding hydrogens is 178 g/mol. The van der Waals surface area contributed by atoms with Gasteiger partial charge in [-0.2, -0.15) is 0 Å². The Labute approximate surface area is 76.9 Å². The lowest BCUT2D eigenvalue weighted by Gasteiger charge is -1.96. The van der Waals surface area contributed by atoms with Gasteiger partial charge in [-0.05, 0) is 19.1 Å². The molecular formula is C8H10ClNO2. The molecule has 0 aromatic carbocycles. The Balaban J connectivity index is 0.00000121. The van der Waals surface area contributed by atoms with Gasteiger partial charge in [-0.1, -0.05) is 6.07 Å². The highest BCUT2D eigenvalue weighted by Crippen LogP contribution is 1.98. The first-order valence-electron chi connectivity index (χ1n) is 3.33. The van der Waals surface area contributed by atoms with Crippen molar-refractivity contribution >= 4 is 18.4 Å². The molecule has 1 rings (SSSR count). The van der Waals surface area contributed by atoms with Gasteiger partial charge in [0.1, 0.15) is 0 Å². The summed E-state index contributed by atoms with van der Waals surface area (Å²) in [5.74, 6) is -0.844. The molecule has 3 nitrogen and oxygen atoms in total. The van der Waals surface area contributed by atoms with Crippen LogP contribution < -0.4 is 0 Å². The average Bonchev–Trinajstić information content (AvgIpc) is 1.85. The number of hydrogen-bond acceptors (Lipinski definition) is 2. The molecule has 1 aromatic rings. The van der Waals surface area contributed by atoms with Crippen LogP contribution in [0.5, 0.6) is 0 Å². The van der Waals surface area contributed by atoms with Gasteiger partial charge in [-0.3, -0.25) is 9.78 Å². The molecule has 0 spiro atoms. The number of nitrogens with zero attached hydrogens (tertiary/aromatic N) is 1. The molecule has 1 aromatic heterocycles. The zero-order chi connectivity index (χ0) is 8.27. The molecule has 0 atom stereocenters. The Kier molecular flexibility index (Phi) is 4.29. The second-order valence-corrected chi connectivity index (χ2v) is 2.34. The highest BCUT2D eigenvalue weighted by atomic mass is 35.5. The van der Waals surface area contributed by atoms with Crippen molar-refractivity contribution in [3.05, 3.63) is 29.6 Å².